The zero-order valence-corrected chi connectivity index (χ0v) is 27.8. The van der Waals surface area contributed by atoms with Crippen LogP contribution in [-0.4, -0.2) is 41.6 Å². The Balaban J connectivity index is 1.45. The first-order chi connectivity index (χ1) is 23.2. The van der Waals surface area contributed by atoms with Crippen LogP contribution < -0.4 is 11.0 Å². The highest BCUT2D eigenvalue weighted by Gasteiger charge is 2.70. The number of hydrogen-bond donors (Lipinski definition) is 0. The summed E-state index contributed by atoms with van der Waals surface area (Å²) >= 11 is 0. The van der Waals surface area contributed by atoms with E-state index in [0.29, 0.717) is 0 Å². The Kier molecular flexibility index (Phi) is 3.97. The highest BCUT2D eigenvalue weighted by molar-refractivity contribution is 6.21. The number of nitrogens with zero attached hydrogens (tertiary/aromatic N) is 8. The number of aryl methyl sites for hydroxylation is 7. The van der Waals surface area contributed by atoms with Gasteiger partial charge in [-0.2, -0.15) is 9.13 Å². The minimum atomic E-state index is -0.974. The molecule has 8 heterocycles. The van der Waals surface area contributed by atoms with Gasteiger partial charge in [-0.15, -0.1) is 9.15 Å². The van der Waals surface area contributed by atoms with Gasteiger partial charge in [0.15, 0.2) is 0 Å². The summed E-state index contributed by atoms with van der Waals surface area (Å²) in [4.78, 5) is 22.6. The predicted octanol–water partition coefficient (Wildman–Crippen LogP) is 5.87. The SMILES string of the molecule is Cc1ccc2c3n4c(c2c1)N=C1c2c(C)ccc(C)c2C2=[N+]1C41n4c(c5c(C)ccc(C)c5c4=N2)=NC2=[N+]1C(=N3)c1c(C)ccc(C)c12. The molecule has 6 aliphatic rings. The van der Waals surface area contributed by atoms with E-state index in [1.54, 1.807) is 0 Å². The number of aromatic nitrogens is 2. The Bertz CT molecular complexity index is 2960. The van der Waals surface area contributed by atoms with Gasteiger partial charge in [0.1, 0.15) is 0 Å². The van der Waals surface area contributed by atoms with E-state index in [1.807, 2.05) is 0 Å². The molecule has 6 aliphatic heterocycles. The maximum absolute atomic E-state index is 5.67. The van der Waals surface area contributed by atoms with Crippen LogP contribution in [0.3, 0.4) is 0 Å². The maximum atomic E-state index is 5.67. The van der Waals surface area contributed by atoms with Crippen LogP contribution in [0.15, 0.2) is 74.6 Å². The number of fused-ring (bicyclic) bond motifs is 12. The normalized spacial score (nSPS) is 19.6. The van der Waals surface area contributed by atoms with Crippen LogP contribution in [0.2, 0.25) is 0 Å². The third kappa shape index (κ3) is 2.35. The van der Waals surface area contributed by atoms with Gasteiger partial charge in [0.25, 0.3) is 23.3 Å². The Morgan fingerprint density at radius 2 is 0.938 bits per heavy atom. The van der Waals surface area contributed by atoms with E-state index in [0.717, 1.165) is 89.8 Å². The number of amidine groups is 4. The van der Waals surface area contributed by atoms with Gasteiger partial charge in [-0.05, 0) is 94.0 Å². The van der Waals surface area contributed by atoms with Gasteiger partial charge in [0.05, 0.1) is 33.0 Å². The van der Waals surface area contributed by atoms with Gasteiger partial charge in [0, 0.05) is 10.8 Å². The van der Waals surface area contributed by atoms with E-state index >= 15 is 0 Å². The summed E-state index contributed by atoms with van der Waals surface area (Å²) < 4.78 is 9.65. The zero-order valence-electron chi connectivity index (χ0n) is 27.8. The molecule has 8 heteroatoms. The molecule has 0 bridgehead atoms. The van der Waals surface area contributed by atoms with Crippen molar-refractivity contribution in [3.63, 3.8) is 0 Å². The molecular weight excluding hydrogens is 592 g/mol. The van der Waals surface area contributed by atoms with Crippen LogP contribution in [0.4, 0.5) is 11.6 Å². The number of hydrogen-bond acceptors (Lipinski definition) is 4. The summed E-state index contributed by atoms with van der Waals surface area (Å²) in [5.41, 5.74) is 14.8. The van der Waals surface area contributed by atoms with Crippen molar-refractivity contribution in [1.29, 1.82) is 0 Å². The van der Waals surface area contributed by atoms with Gasteiger partial charge in [-0.25, -0.2) is 0 Å². The quantitative estimate of drug-likeness (QED) is 0.191. The maximum Gasteiger partial charge on any atom is 0.404 e. The van der Waals surface area contributed by atoms with Crippen molar-refractivity contribution in [2.24, 2.45) is 20.0 Å². The molecular formula is C40H30N8+2. The number of benzene rings is 4. The fourth-order valence-electron chi connectivity index (χ4n) is 9.51. The van der Waals surface area contributed by atoms with Gasteiger partial charge in [-0.1, -0.05) is 68.0 Å². The molecule has 0 aliphatic carbocycles. The predicted molar refractivity (Wildman–Crippen MR) is 187 cm³/mol. The van der Waals surface area contributed by atoms with Gasteiger partial charge in [0.2, 0.25) is 22.6 Å². The fraction of sp³-hybridized carbons (Fsp3) is 0.200. The average Bonchev–Trinajstić information content (AvgIpc) is 3.79. The van der Waals surface area contributed by atoms with E-state index in [9.17, 15) is 0 Å². The van der Waals surface area contributed by atoms with Crippen molar-refractivity contribution >= 4 is 56.5 Å². The van der Waals surface area contributed by atoms with Crippen molar-refractivity contribution in [3.8, 4) is 0 Å². The molecule has 48 heavy (non-hydrogen) atoms. The molecule has 0 N–H and O–H groups in total. The lowest BCUT2D eigenvalue weighted by molar-refractivity contribution is -0.790. The minimum Gasteiger partial charge on any atom is -0.192 e. The van der Waals surface area contributed by atoms with Crippen LogP contribution in [-0.2, 0) is 5.91 Å². The first-order valence-corrected chi connectivity index (χ1v) is 16.7. The molecule has 0 radical (unpaired) electrons. The summed E-state index contributed by atoms with van der Waals surface area (Å²) in [7, 11) is 0. The topological polar surface area (TPSA) is 65.3 Å². The van der Waals surface area contributed by atoms with Crippen LogP contribution in [0, 0.1) is 48.5 Å². The van der Waals surface area contributed by atoms with Crippen LogP contribution >= 0.6 is 0 Å². The Morgan fingerprint density at radius 3 is 1.46 bits per heavy atom. The lowest BCUT2D eigenvalue weighted by Crippen LogP contribution is -2.71. The second kappa shape index (κ2) is 7.52. The monoisotopic (exact) mass is 622 g/mol. The Labute approximate surface area is 275 Å². The van der Waals surface area contributed by atoms with Gasteiger partial charge in [-0.3, -0.25) is 0 Å². The van der Waals surface area contributed by atoms with Crippen LogP contribution in [0.1, 0.15) is 61.2 Å². The zero-order chi connectivity index (χ0) is 32.3. The van der Waals surface area contributed by atoms with Crippen molar-refractivity contribution in [2.45, 2.75) is 54.4 Å². The van der Waals surface area contributed by atoms with Gasteiger partial charge < -0.3 is 0 Å². The van der Waals surface area contributed by atoms with Crippen molar-refractivity contribution in [2.75, 3.05) is 0 Å². The summed E-state index contributed by atoms with van der Waals surface area (Å²) in [6.07, 6.45) is 0. The summed E-state index contributed by atoms with van der Waals surface area (Å²) in [5, 5.41) is 4.52. The van der Waals surface area contributed by atoms with Crippen LogP contribution in [0.25, 0.3) is 21.5 Å². The third-order valence-electron chi connectivity index (χ3n) is 11.6. The molecule has 0 amide bonds. The van der Waals surface area contributed by atoms with Crippen molar-refractivity contribution < 1.29 is 9.15 Å². The molecule has 6 aromatic rings. The highest BCUT2D eigenvalue weighted by Crippen LogP contribution is 2.53. The lowest BCUT2D eigenvalue weighted by Gasteiger charge is -2.40. The first kappa shape index (κ1) is 25.3. The highest BCUT2D eigenvalue weighted by atomic mass is 15.7. The Hall–Kier alpha value is -5.76. The summed E-state index contributed by atoms with van der Waals surface area (Å²) in [6, 6.07) is 20.1. The number of rotatable bonds is 0. The smallest absolute Gasteiger partial charge is 0.192 e. The fourth-order valence-corrected chi connectivity index (χ4v) is 9.51. The molecule has 12 rings (SSSR count). The molecule has 0 saturated carbocycles. The lowest BCUT2D eigenvalue weighted by atomic mass is 9.97. The first-order valence-electron chi connectivity index (χ1n) is 16.7. The summed E-state index contributed by atoms with van der Waals surface area (Å²) in [5.74, 6) is 4.58. The van der Waals surface area contributed by atoms with E-state index in [1.165, 1.54) is 38.9 Å². The summed E-state index contributed by atoms with van der Waals surface area (Å²) in [6.45, 7) is 15.4. The molecule has 0 fully saturated rings. The molecule has 0 saturated heterocycles. The second-order valence-electron chi connectivity index (χ2n) is 14.4. The average molecular weight is 623 g/mol. The molecule has 8 nitrogen and oxygen atoms in total. The minimum absolute atomic E-state index is 0.915. The Morgan fingerprint density at radius 1 is 0.479 bits per heavy atom. The van der Waals surface area contributed by atoms with E-state index in [-0.39, 0.29) is 0 Å². The molecule has 2 aromatic heterocycles. The molecule has 1 atom stereocenters. The largest absolute Gasteiger partial charge is 0.404 e. The standard InChI is InChI=1S/C40H30N8/c1-17-8-15-24-25(16-17)33-42-35-27-19(3)10-12-21(5)29(27)37-44-39-31-23(7)14-13-22(6)30(31)38-43-36-28-20(4)11-9-18(2)26(28)34-41-32(24)45(33)40(46(34)36,47(35)37)48(38)39/h8-16H,1-7H3/q+2. The van der Waals surface area contributed by atoms with Crippen molar-refractivity contribution in [1.82, 2.24) is 9.13 Å². The van der Waals surface area contributed by atoms with Gasteiger partial charge >= 0.3 is 5.91 Å². The molecule has 1 unspecified atom stereocenters. The number of aliphatic imine (C=N–C) groups is 2. The third-order valence-corrected chi connectivity index (χ3v) is 11.6. The molecule has 1 spiro atoms. The molecule has 228 valence electrons. The molecule has 4 aromatic carbocycles. The van der Waals surface area contributed by atoms with E-state index in [4.69, 9.17) is 20.0 Å². The van der Waals surface area contributed by atoms with E-state index < -0.39 is 5.91 Å². The second-order valence-corrected chi connectivity index (χ2v) is 14.4. The van der Waals surface area contributed by atoms with Crippen molar-refractivity contribution in [3.05, 3.63) is 127 Å². The van der Waals surface area contributed by atoms with E-state index in [2.05, 4.69) is 121 Å². The van der Waals surface area contributed by atoms with Crippen LogP contribution in [0.5, 0.6) is 0 Å².